The number of aliphatic hydroxyl groups is 8. The molecule has 0 aromatic rings. The largest absolute Gasteiger partial charge is 0.480 e. The van der Waals surface area contributed by atoms with Crippen LogP contribution in [0.15, 0.2) is 0 Å². The SMILES string of the molecule is CC(C)C[C@H](NC(=O)[C@@H](NC(=O)[C@H](C)NC(=O)[C@H](CO)NC(=O)[C@@H](N)CC(C)C)C(C)C)C(=O)N[C@H](C(=O)N[C@@H](CO)C(=O)NCC(=O)N[C@H](C(=O)N[C@H](C(=O)N[C@@H](CC(C)C)C(=O)N[C@@H](CO)C(=O)N[C@@H](CO)C(=O)N[C@@H](C)C(=O)N[C@H](C(=O)N[C@H](C(=O)N[C@@H](CC(C)C)C(=O)N[C@@H](CO)C(=O)N[C@@H](C)C(=O)O)[C@@H](C)O)[C@@H](C)O)[C@@H](C)O)C(C)C)C(C)C. The lowest BCUT2D eigenvalue weighted by molar-refractivity contribution is -0.142. The summed E-state index contributed by atoms with van der Waals surface area (Å²) in [6.45, 7) is 23.4. The van der Waals surface area contributed by atoms with E-state index in [1.54, 1.807) is 55.4 Å². The minimum atomic E-state index is -1.95. The van der Waals surface area contributed by atoms with E-state index in [9.17, 15) is 132 Å². The molecule has 0 aromatic carbocycles. The summed E-state index contributed by atoms with van der Waals surface area (Å²) in [7, 11) is 0. The molecule has 0 saturated heterocycles. The molecule has 0 unspecified atom stereocenters. The van der Waals surface area contributed by atoms with Crippen molar-refractivity contribution in [2.75, 3.05) is 39.6 Å². The molecule has 0 aliphatic rings. The third-order valence-corrected chi connectivity index (χ3v) is 18.8. The van der Waals surface area contributed by atoms with E-state index < -0.39 is 303 Å². The Morgan fingerprint density at radius 1 is 0.234 bits per heavy atom. The van der Waals surface area contributed by atoms with Crippen molar-refractivity contribution < 1.29 is 137 Å². The molecule has 47 nitrogen and oxygen atoms in total. The molecule has 0 rings (SSSR count). The number of carboxylic acids is 1. The molecule has 0 aromatic heterocycles. The quantitative estimate of drug-likeness (QED) is 0.0269. The number of carbonyl (C=O) groups is 19. The van der Waals surface area contributed by atoms with Crippen molar-refractivity contribution in [2.45, 2.75) is 291 Å². The summed E-state index contributed by atoms with van der Waals surface area (Å²) in [5.74, 6) is -23.7. The smallest absolute Gasteiger partial charge is 0.325 e. The number of aliphatic hydroxyl groups excluding tert-OH is 8. The highest BCUT2D eigenvalue weighted by atomic mass is 16.4. The van der Waals surface area contributed by atoms with Crippen LogP contribution in [-0.4, -0.2) is 325 Å². The summed E-state index contributed by atoms with van der Waals surface area (Å²) in [5.41, 5.74) is 5.91. The Morgan fingerprint density at radius 2 is 0.444 bits per heavy atom. The van der Waals surface area contributed by atoms with E-state index >= 15 is 0 Å². The second kappa shape index (κ2) is 55.7. The van der Waals surface area contributed by atoms with E-state index in [4.69, 9.17) is 10.8 Å². The van der Waals surface area contributed by atoms with E-state index in [1.165, 1.54) is 34.6 Å². The number of amides is 18. The molecule has 21 atom stereocenters. The molecule has 124 heavy (non-hydrogen) atoms. The number of hydrogen-bond donors (Lipinski definition) is 28. The van der Waals surface area contributed by atoms with Gasteiger partial charge in [0.25, 0.3) is 0 Å². The number of nitrogens with two attached hydrogens (primary N) is 1. The third kappa shape index (κ3) is 40.0. The summed E-state index contributed by atoms with van der Waals surface area (Å²) < 4.78 is 0. The van der Waals surface area contributed by atoms with Gasteiger partial charge in [-0.25, -0.2) is 0 Å². The number of carbonyl (C=O) groups excluding carboxylic acids is 18. The first kappa shape index (κ1) is 114. The van der Waals surface area contributed by atoms with Crippen molar-refractivity contribution in [2.24, 2.45) is 47.2 Å². The van der Waals surface area contributed by atoms with Gasteiger partial charge in [-0.3, -0.25) is 91.1 Å². The van der Waals surface area contributed by atoms with Gasteiger partial charge >= 0.3 is 5.97 Å². The van der Waals surface area contributed by atoms with Crippen molar-refractivity contribution in [1.82, 2.24) is 95.7 Å². The lowest BCUT2D eigenvalue weighted by Crippen LogP contribution is -2.63. The molecule has 0 saturated carbocycles. The number of nitrogens with one attached hydrogen (secondary N) is 18. The normalized spacial score (nSPS) is 16.6. The van der Waals surface area contributed by atoms with Gasteiger partial charge in [-0.1, -0.05) is 96.9 Å². The lowest BCUT2D eigenvalue weighted by atomic mass is 9.98. The molecular formula is C77H137N19O28. The molecule has 47 heteroatoms. The highest BCUT2D eigenvalue weighted by Crippen LogP contribution is 2.15. The van der Waals surface area contributed by atoms with Crippen LogP contribution in [0.4, 0.5) is 0 Å². The maximum Gasteiger partial charge on any atom is 0.325 e. The van der Waals surface area contributed by atoms with Crippen molar-refractivity contribution in [1.29, 1.82) is 0 Å². The Labute approximate surface area is 720 Å². The van der Waals surface area contributed by atoms with Crippen molar-refractivity contribution in [3.63, 3.8) is 0 Å². The van der Waals surface area contributed by atoms with Gasteiger partial charge in [0.15, 0.2) is 0 Å². The van der Waals surface area contributed by atoms with E-state index in [1.807, 2.05) is 13.8 Å². The minimum absolute atomic E-state index is 0.000183. The van der Waals surface area contributed by atoms with Gasteiger partial charge in [0.2, 0.25) is 106 Å². The van der Waals surface area contributed by atoms with E-state index in [0.717, 1.165) is 34.6 Å². The predicted octanol–water partition coefficient (Wildman–Crippen LogP) is -10.9. The van der Waals surface area contributed by atoms with Crippen LogP contribution in [0.1, 0.15) is 164 Å². The number of aliphatic carboxylic acids is 1. The average Bonchev–Trinajstić information content (AvgIpc) is 0.847. The van der Waals surface area contributed by atoms with E-state index in [0.29, 0.717) is 0 Å². The molecule has 0 aliphatic heterocycles. The van der Waals surface area contributed by atoms with E-state index in [-0.39, 0.29) is 43.4 Å². The second-order valence-electron chi connectivity index (χ2n) is 33.2. The Morgan fingerprint density at radius 3 is 0.734 bits per heavy atom. The summed E-state index contributed by atoms with van der Waals surface area (Å²) in [5, 5.41) is 133. The maximum absolute atomic E-state index is 14.1. The highest BCUT2D eigenvalue weighted by Gasteiger charge is 2.41. The standard InChI is InChI=1S/C77H137N19O28/c1-31(2)21-44(78)62(108)86-49(27-98)67(113)80-38(15)60(106)92-55(36(11)12)71(117)83-47(24-34(7)8)66(112)93-56(37(13)14)72(118)90-48(26-97)63(109)79-25-53(105)91-54(35(9)10)73(119)95-57(41(18)102)74(120)84-46(23-33(5)6)65(111)88-52(30-101)70(116)89-50(28-99)68(114)81-39(16)61(107)94-59(43(20)104)76(122)96-58(42(19)103)75(121)85-45(22-32(3)4)64(110)87-51(29-100)69(115)82-40(17)77(123)124/h31-52,54-59,97-104H,21-30,78H2,1-20H3,(H,79,109)(H,80,113)(H,81,114)(H,82,115)(H,83,117)(H,84,120)(H,85,121)(H,86,108)(H,87,110)(H,88,111)(H,89,116)(H,90,118)(H,91,105)(H,92,106)(H,93,112)(H,94,107)(H,95,119)(H,96,122)(H,123,124)/t38-,39-,40-,41+,42+,43+,44-,45-,46-,47-,48-,49-,50-,51-,52-,54-,55-,56-,57-,58-,59-/m0/s1. The summed E-state index contributed by atoms with van der Waals surface area (Å²) in [4.78, 5) is 255. The minimum Gasteiger partial charge on any atom is -0.480 e. The summed E-state index contributed by atoms with van der Waals surface area (Å²) >= 11 is 0. The monoisotopic (exact) mass is 1780 g/mol. The first-order valence-electron chi connectivity index (χ1n) is 41.0. The van der Waals surface area contributed by atoms with Crippen LogP contribution in [-0.2, 0) is 91.1 Å². The van der Waals surface area contributed by atoms with E-state index in [2.05, 4.69) is 95.7 Å². The van der Waals surface area contributed by atoms with Crippen LogP contribution in [0.25, 0.3) is 0 Å². The van der Waals surface area contributed by atoms with Crippen molar-refractivity contribution in [3.8, 4) is 0 Å². The Balaban J connectivity index is 6.25. The van der Waals surface area contributed by atoms with Crippen molar-refractivity contribution in [3.05, 3.63) is 0 Å². The molecule has 0 bridgehead atoms. The van der Waals surface area contributed by atoms with Gasteiger partial charge < -0.3 is 147 Å². The highest BCUT2D eigenvalue weighted by molar-refractivity contribution is 6.02. The fourth-order valence-electron chi connectivity index (χ4n) is 11.6. The van der Waals surface area contributed by atoms with Crippen LogP contribution < -0.4 is 101 Å². The van der Waals surface area contributed by atoms with Gasteiger partial charge in [-0.15, -0.1) is 0 Å². The van der Waals surface area contributed by atoms with Crippen LogP contribution >= 0.6 is 0 Å². The van der Waals surface area contributed by atoms with Crippen LogP contribution in [0.3, 0.4) is 0 Å². The molecule has 0 aliphatic carbocycles. The fraction of sp³-hybridized carbons (Fsp3) is 0.753. The van der Waals surface area contributed by atoms with Gasteiger partial charge in [0.05, 0.1) is 63.9 Å². The molecule has 0 radical (unpaired) electrons. The first-order chi connectivity index (χ1) is 57.4. The van der Waals surface area contributed by atoms with Gasteiger partial charge in [0, 0.05) is 0 Å². The third-order valence-electron chi connectivity index (χ3n) is 18.8. The summed E-state index contributed by atoms with van der Waals surface area (Å²) in [6.07, 6.45) is -5.28. The summed E-state index contributed by atoms with van der Waals surface area (Å²) in [6, 6.07) is -28.7. The van der Waals surface area contributed by atoms with Crippen LogP contribution in [0.2, 0.25) is 0 Å². The first-order valence-corrected chi connectivity index (χ1v) is 41.0. The molecule has 0 heterocycles. The van der Waals surface area contributed by atoms with Gasteiger partial charge in [-0.05, 0) is 109 Å². The topological polar surface area (TPSA) is 749 Å². The maximum atomic E-state index is 14.1. The number of rotatable bonds is 56. The zero-order chi connectivity index (χ0) is 95.9. The predicted molar refractivity (Wildman–Crippen MR) is 441 cm³/mol. The molecule has 0 fully saturated rings. The van der Waals surface area contributed by atoms with Gasteiger partial charge in [0.1, 0.15) is 103 Å². The Kier molecular flexibility index (Phi) is 51.0. The molecule has 708 valence electrons. The molecule has 18 amide bonds. The molecular weight excluding hydrogens is 1640 g/mol. The zero-order valence-electron chi connectivity index (χ0n) is 74.1. The Hall–Kier alpha value is -10.4. The Bertz CT molecular complexity index is 3600. The number of hydrogen-bond acceptors (Lipinski definition) is 28. The van der Waals surface area contributed by atoms with Crippen molar-refractivity contribution >= 4 is 112 Å². The molecule has 0 spiro atoms. The van der Waals surface area contributed by atoms with Crippen LogP contribution in [0, 0.1) is 41.4 Å². The number of carboxylic acid groups (broad SMARTS) is 1. The van der Waals surface area contributed by atoms with Gasteiger partial charge in [-0.2, -0.15) is 0 Å². The lowest BCUT2D eigenvalue weighted by Gasteiger charge is -2.29. The zero-order valence-corrected chi connectivity index (χ0v) is 74.1. The second-order valence-corrected chi connectivity index (χ2v) is 33.2. The average molecular weight is 1780 g/mol. The fourth-order valence-corrected chi connectivity index (χ4v) is 11.6. The van der Waals surface area contributed by atoms with Crippen LogP contribution in [0.5, 0.6) is 0 Å². The molecule has 29 N–H and O–H groups in total.